The van der Waals surface area contributed by atoms with Crippen molar-refractivity contribution in [1.29, 1.82) is 0 Å². The summed E-state index contributed by atoms with van der Waals surface area (Å²) >= 11 is 0. The average molecular weight is 741 g/mol. The molecule has 10 rings (SSSR count). The van der Waals surface area contributed by atoms with Crippen LogP contribution in [-0.4, -0.2) is 59.0 Å². The molecule has 1 aromatic heterocycles. The average Bonchev–Trinajstić information content (AvgIpc) is 3.70. The highest BCUT2D eigenvalue weighted by atomic mass is 16.6. The van der Waals surface area contributed by atoms with E-state index in [0.29, 0.717) is 37.8 Å². The first-order chi connectivity index (χ1) is 27.0. The Labute approximate surface area is 320 Å². The molecule has 1 saturated carbocycles. The number of aromatic hydroxyl groups is 2. The minimum Gasteiger partial charge on any atom is -0.507 e. The van der Waals surface area contributed by atoms with E-state index in [-0.39, 0.29) is 42.1 Å². The third-order valence-corrected chi connectivity index (χ3v) is 12.9. The standard InChI is InChI=1S/C46H48N2O7/c1-52-40-20-27(8-15-39(40)51)44-41(53-24-48-28-5-3-2-4-6-28)22-36-35-21-34-30(25-7-14-37-26(19-25)17-18-47-37)11-12-31-38(50)16-13-32(42(31)34)43(35)46-33(45(36)55-44)10-9-29(23-49)54-46/h7-8,11-20,28-30,34,41,44,47-51H,2-6,9-10,21-24H2,1H3. The molecule has 0 amide bonds. The normalized spacial score (nSPS) is 23.9. The molecule has 9 heteroatoms. The molecule has 5 aliphatic rings. The van der Waals surface area contributed by atoms with Gasteiger partial charge in [0.15, 0.2) is 17.6 Å². The van der Waals surface area contributed by atoms with Crippen molar-refractivity contribution in [3.8, 4) is 39.9 Å². The zero-order valence-electron chi connectivity index (χ0n) is 31.1. The van der Waals surface area contributed by atoms with Crippen LogP contribution in [0.25, 0.3) is 28.1 Å². The van der Waals surface area contributed by atoms with Gasteiger partial charge in [0, 0.05) is 52.3 Å². The van der Waals surface area contributed by atoms with E-state index in [1.165, 1.54) is 35.8 Å². The predicted molar refractivity (Wildman–Crippen MR) is 211 cm³/mol. The quantitative estimate of drug-likeness (QED) is 0.101. The van der Waals surface area contributed by atoms with Gasteiger partial charge in [0.2, 0.25) is 0 Å². The molecule has 284 valence electrons. The van der Waals surface area contributed by atoms with Gasteiger partial charge in [-0.1, -0.05) is 49.6 Å². The summed E-state index contributed by atoms with van der Waals surface area (Å²) in [5.41, 5.74) is 10.6. The number of aliphatic hydroxyl groups excluding tert-OH is 1. The Kier molecular flexibility index (Phi) is 8.76. The molecule has 5 unspecified atom stereocenters. The van der Waals surface area contributed by atoms with E-state index in [1.807, 2.05) is 24.4 Å². The Morgan fingerprint density at radius 3 is 2.56 bits per heavy atom. The van der Waals surface area contributed by atoms with Crippen LogP contribution in [-0.2, 0) is 24.0 Å². The maximum absolute atomic E-state index is 11.3. The Hall–Kier alpha value is -4.96. The number of benzene rings is 4. The minimum absolute atomic E-state index is 0.0526. The first-order valence-corrected chi connectivity index (χ1v) is 20.0. The van der Waals surface area contributed by atoms with Gasteiger partial charge in [-0.05, 0) is 108 Å². The molecule has 0 saturated heterocycles. The van der Waals surface area contributed by atoms with E-state index in [4.69, 9.17) is 18.9 Å². The number of rotatable bonds is 8. The lowest BCUT2D eigenvalue weighted by Gasteiger charge is -2.43. The summed E-state index contributed by atoms with van der Waals surface area (Å²) in [5.74, 6) is 2.47. The van der Waals surface area contributed by atoms with Gasteiger partial charge in [-0.25, -0.2) is 0 Å². The summed E-state index contributed by atoms with van der Waals surface area (Å²) in [4.78, 5) is 3.33. The fourth-order valence-corrected chi connectivity index (χ4v) is 10.1. The molecule has 3 heterocycles. The van der Waals surface area contributed by atoms with Crippen molar-refractivity contribution in [2.75, 3.05) is 20.4 Å². The molecular weight excluding hydrogens is 693 g/mol. The van der Waals surface area contributed by atoms with Crippen molar-refractivity contribution >= 4 is 17.0 Å². The second-order valence-electron chi connectivity index (χ2n) is 16.0. The molecule has 0 radical (unpaired) electrons. The number of methoxy groups -OCH3 is 1. The fourth-order valence-electron chi connectivity index (χ4n) is 10.1. The Morgan fingerprint density at radius 2 is 1.71 bits per heavy atom. The smallest absolute Gasteiger partial charge is 0.160 e. The van der Waals surface area contributed by atoms with E-state index >= 15 is 0 Å². The van der Waals surface area contributed by atoms with Crippen molar-refractivity contribution in [1.82, 2.24) is 10.3 Å². The Bertz CT molecular complexity index is 2310. The minimum atomic E-state index is -0.467. The number of hydrogen-bond acceptors (Lipinski definition) is 8. The zero-order valence-corrected chi connectivity index (χ0v) is 31.1. The molecule has 5 atom stereocenters. The largest absolute Gasteiger partial charge is 0.507 e. The van der Waals surface area contributed by atoms with Gasteiger partial charge < -0.3 is 39.3 Å². The number of allylic oxidation sites excluding steroid dienone is 1. The van der Waals surface area contributed by atoms with Crippen LogP contribution in [0.5, 0.6) is 28.7 Å². The van der Waals surface area contributed by atoms with Crippen LogP contribution >= 0.6 is 0 Å². The number of aromatic amines is 1. The summed E-state index contributed by atoms with van der Waals surface area (Å²) in [7, 11) is 1.56. The summed E-state index contributed by atoms with van der Waals surface area (Å²) in [6.07, 6.45) is 14.0. The van der Waals surface area contributed by atoms with Gasteiger partial charge in [0.25, 0.3) is 0 Å². The predicted octanol–water partition coefficient (Wildman–Crippen LogP) is 8.33. The van der Waals surface area contributed by atoms with Gasteiger partial charge in [0.1, 0.15) is 29.5 Å². The second kappa shape index (κ2) is 14.0. The summed E-state index contributed by atoms with van der Waals surface area (Å²) in [6.45, 7) is 0.339. The number of aromatic nitrogens is 1. The number of hydrogen-bond donors (Lipinski definition) is 5. The van der Waals surface area contributed by atoms with Crippen molar-refractivity contribution in [3.63, 3.8) is 0 Å². The molecular formula is C46H48N2O7. The van der Waals surface area contributed by atoms with Crippen LogP contribution in [0.2, 0.25) is 0 Å². The van der Waals surface area contributed by atoms with Crippen molar-refractivity contribution in [2.45, 2.75) is 94.0 Å². The molecule has 3 aliphatic carbocycles. The molecule has 55 heavy (non-hydrogen) atoms. The monoisotopic (exact) mass is 740 g/mol. The van der Waals surface area contributed by atoms with Gasteiger partial charge in [-0.15, -0.1) is 0 Å². The molecule has 4 aromatic carbocycles. The Balaban J connectivity index is 1.12. The number of H-pyrrole nitrogens is 1. The van der Waals surface area contributed by atoms with Crippen LogP contribution in [0, 0.1) is 0 Å². The highest BCUT2D eigenvalue weighted by molar-refractivity contribution is 5.89. The van der Waals surface area contributed by atoms with Crippen LogP contribution in [0.1, 0.15) is 95.4 Å². The number of phenols is 2. The molecule has 9 nitrogen and oxygen atoms in total. The Morgan fingerprint density at radius 1 is 0.855 bits per heavy atom. The SMILES string of the molecule is COc1cc(C2Oc3c(c4c(c5c3CCC(CO)O5)-c3ccc(O)c5c3C(C4)C(c3ccc4[nH]ccc4c3)C=C5)CC2OCNC2CCCCC2)ccc1O. The third kappa shape index (κ3) is 5.86. The molecule has 2 aliphatic heterocycles. The zero-order chi connectivity index (χ0) is 37.2. The van der Waals surface area contributed by atoms with Crippen molar-refractivity contribution in [3.05, 3.63) is 106 Å². The van der Waals surface area contributed by atoms with E-state index in [0.717, 1.165) is 75.2 Å². The molecule has 5 aromatic rings. The lowest BCUT2D eigenvalue weighted by Crippen LogP contribution is -2.40. The fraction of sp³-hybridized carbons (Fsp3) is 0.391. The van der Waals surface area contributed by atoms with E-state index in [2.05, 4.69) is 52.8 Å². The first kappa shape index (κ1) is 34.5. The number of ether oxygens (including phenoxy) is 4. The number of phenolic OH excluding ortho intramolecular Hbond substituents is 2. The maximum atomic E-state index is 11.3. The maximum Gasteiger partial charge on any atom is 0.160 e. The third-order valence-electron chi connectivity index (χ3n) is 12.9. The lowest BCUT2D eigenvalue weighted by molar-refractivity contribution is -0.0486. The molecule has 1 fully saturated rings. The highest BCUT2D eigenvalue weighted by Crippen LogP contribution is 2.59. The lowest BCUT2D eigenvalue weighted by atomic mass is 9.65. The van der Waals surface area contributed by atoms with Crippen molar-refractivity contribution < 1.29 is 34.3 Å². The number of aliphatic hydroxyl groups is 1. The van der Waals surface area contributed by atoms with Crippen molar-refractivity contribution in [2.24, 2.45) is 0 Å². The van der Waals surface area contributed by atoms with Crippen LogP contribution in [0.3, 0.4) is 0 Å². The van der Waals surface area contributed by atoms with Crippen LogP contribution in [0.4, 0.5) is 0 Å². The first-order valence-electron chi connectivity index (χ1n) is 20.0. The number of fused-ring (bicyclic) bond motifs is 8. The van der Waals surface area contributed by atoms with Gasteiger partial charge in [0.05, 0.1) is 20.4 Å². The highest BCUT2D eigenvalue weighted by Gasteiger charge is 2.44. The summed E-state index contributed by atoms with van der Waals surface area (Å²) in [6, 6.07) is 18.5. The summed E-state index contributed by atoms with van der Waals surface area (Å²) < 4.78 is 26.3. The molecule has 0 spiro atoms. The van der Waals surface area contributed by atoms with E-state index in [9.17, 15) is 15.3 Å². The van der Waals surface area contributed by atoms with Crippen LogP contribution < -0.4 is 19.5 Å². The molecule has 5 N–H and O–H groups in total. The van der Waals surface area contributed by atoms with Gasteiger partial charge in [-0.3, -0.25) is 5.32 Å². The topological polar surface area (TPSA) is 125 Å². The molecule has 0 bridgehead atoms. The van der Waals surface area contributed by atoms with Crippen LogP contribution in [0.15, 0.2) is 66.9 Å². The van der Waals surface area contributed by atoms with E-state index in [1.54, 1.807) is 13.2 Å². The van der Waals surface area contributed by atoms with Gasteiger partial charge in [-0.2, -0.15) is 0 Å². The van der Waals surface area contributed by atoms with E-state index < -0.39 is 6.10 Å². The van der Waals surface area contributed by atoms with Gasteiger partial charge >= 0.3 is 0 Å². The number of nitrogens with one attached hydrogen (secondary N) is 2. The second-order valence-corrected chi connectivity index (χ2v) is 16.0. The summed E-state index contributed by atoms with van der Waals surface area (Å²) in [5, 5.41) is 37.0.